The fourth-order valence-electron chi connectivity index (χ4n) is 2.37. The van der Waals surface area contributed by atoms with E-state index in [-0.39, 0.29) is 5.69 Å². The van der Waals surface area contributed by atoms with E-state index in [0.717, 1.165) is 32.5 Å². The Hall–Kier alpha value is -2.90. The van der Waals surface area contributed by atoms with Crippen LogP contribution in [0, 0.1) is 10.1 Å². The van der Waals surface area contributed by atoms with E-state index in [1.807, 2.05) is 41.1 Å². The molecule has 0 aliphatic carbocycles. The molecule has 0 fully saturated rings. The first-order chi connectivity index (χ1) is 12.2. The standard InChI is InChI=1S/C18H11N3O2S2/c22-21(23)14-8-6-13(7-9-14)16-11-25-18(20-16)17-19-15(10-24-17)12-4-2-1-3-5-12/h1-11H. The lowest BCUT2D eigenvalue weighted by atomic mass is 10.1. The molecule has 0 N–H and O–H groups in total. The topological polar surface area (TPSA) is 68.9 Å². The molecule has 122 valence electrons. The number of non-ortho nitro benzene ring substituents is 1. The number of thiazole rings is 2. The molecule has 0 unspecified atom stereocenters. The van der Waals surface area contributed by atoms with E-state index in [9.17, 15) is 10.1 Å². The number of hydrogen-bond acceptors (Lipinski definition) is 6. The zero-order valence-corrected chi connectivity index (χ0v) is 14.5. The summed E-state index contributed by atoms with van der Waals surface area (Å²) in [6, 6.07) is 16.4. The van der Waals surface area contributed by atoms with E-state index < -0.39 is 4.92 Å². The second-order valence-electron chi connectivity index (χ2n) is 5.25. The third-order valence-electron chi connectivity index (χ3n) is 3.63. The van der Waals surface area contributed by atoms with Crippen LogP contribution in [0.5, 0.6) is 0 Å². The number of hydrogen-bond donors (Lipinski definition) is 0. The first-order valence-electron chi connectivity index (χ1n) is 7.42. The summed E-state index contributed by atoms with van der Waals surface area (Å²) >= 11 is 3.08. The fraction of sp³-hybridized carbons (Fsp3) is 0. The minimum atomic E-state index is -0.406. The van der Waals surface area contributed by atoms with E-state index in [1.54, 1.807) is 23.5 Å². The molecule has 25 heavy (non-hydrogen) atoms. The molecule has 0 bridgehead atoms. The van der Waals surface area contributed by atoms with Gasteiger partial charge in [0.2, 0.25) is 0 Å². The van der Waals surface area contributed by atoms with Crippen molar-refractivity contribution in [1.82, 2.24) is 9.97 Å². The summed E-state index contributed by atoms with van der Waals surface area (Å²) < 4.78 is 0. The maximum absolute atomic E-state index is 10.7. The summed E-state index contributed by atoms with van der Waals surface area (Å²) in [5.74, 6) is 0. The van der Waals surface area contributed by atoms with Crippen LogP contribution in [0.25, 0.3) is 32.5 Å². The van der Waals surface area contributed by atoms with Gasteiger partial charge in [0.15, 0.2) is 10.0 Å². The molecular formula is C18H11N3O2S2. The van der Waals surface area contributed by atoms with Gasteiger partial charge in [0.1, 0.15) is 0 Å². The number of benzene rings is 2. The predicted octanol–water partition coefficient (Wildman–Crippen LogP) is 5.51. The molecule has 2 aromatic carbocycles. The Morgan fingerprint density at radius 2 is 1.28 bits per heavy atom. The highest BCUT2D eigenvalue weighted by molar-refractivity contribution is 7.20. The highest BCUT2D eigenvalue weighted by Crippen LogP contribution is 2.33. The third kappa shape index (κ3) is 3.19. The molecule has 2 heterocycles. The van der Waals surface area contributed by atoms with Gasteiger partial charge in [-0.05, 0) is 12.1 Å². The molecule has 4 aromatic rings. The van der Waals surface area contributed by atoms with E-state index in [1.165, 1.54) is 23.5 Å². The molecule has 0 atom stereocenters. The normalized spacial score (nSPS) is 10.7. The van der Waals surface area contributed by atoms with Gasteiger partial charge in [-0.3, -0.25) is 10.1 Å². The molecular weight excluding hydrogens is 354 g/mol. The lowest BCUT2D eigenvalue weighted by molar-refractivity contribution is -0.384. The van der Waals surface area contributed by atoms with Crippen LogP contribution in [-0.4, -0.2) is 14.9 Å². The fourth-order valence-corrected chi connectivity index (χ4v) is 4.08. The summed E-state index contributed by atoms with van der Waals surface area (Å²) in [5, 5.41) is 16.4. The van der Waals surface area contributed by atoms with Crippen molar-refractivity contribution in [1.29, 1.82) is 0 Å². The van der Waals surface area contributed by atoms with Crippen LogP contribution >= 0.6 is 22.7 Å². The highest BCUT2D eigenvalue weighted by Gasteiger charge is 2.12. The Kier molecular flexibility index (Phi) is 4.09. The zero-order chi connectivity index (χ0) is 17.2. The first kappa shape index (κ1) is 15.6. The minimum absolute atomic E-state index is 0.0756. The van der Waals surface area contributed by atoms with Crippen molar-refractivity contribution in [2.45, 2.75) is 0 Å². The van der Waals surface area contributed by atoms with Crippen molar-refractivity contribution in [3.63, 3.8) is 0 Å². The van der Waals surface area contributed by atoms with Crippen molar-refractivity contribution < 1.29 is 4.92 Å². The molecule has 0 aliphatic heterocycles. The van der Waals surface area contributed by atoms with Crippen molar-refractivity contribution in [2.75, 3.05) is 0 Å². The average molecular weight is 365 g/mol. The molecule has 0 radical (unpaired) electrons. The van der Waals surface area contributed by atoms with Crippen LogP contribution in [0.15, 0.2) is 65.4 Å². The van der Waals surface area contributed by atoms with Gasteiger partial charge in [0, 0.05) is 34.0 Å². The Balaban J connectivity index is 1.61. The summed E-state index contributed by atoms with van der Waals surface area (Å²) in [7, 11) is 0. The number of nitro benzene ring substituents is 1. The van der Waals surface area contributed by atoms with Crippen LogP contribution in [-0.2, 0) is 0 Å². The Morgan fingerprint density at radius 3 is 1.80 bits per heavy atom. The van der Waals surface area contributed by atoms with Crippen molar-refractivity contribution in [2.24, 2.45) is 0 Å². The summed E-state index contributed by atoms with van der Waals surface area (Å²) in [5.41, 5.74) is 3.75. The van der Waals surface area contributed by atoms with Gasteiger partial charge in [-0.1, -0.05) is 30.3 Å². The van der Waals surface area contributed by atoms with Gasteiger partial charge in [-0.15, -0.1) is 22.7 Å². The van der Waals surface area contributed by atoms with Crippen molar-refractivity contribution in [3.8, 4) is 32.5 Å². The van der Waals surface area contributed by atoms with Crippen LogP contribution in [0.1, 0.15) is 0 Å². The first-order valence-corrected chi connectivity index (χ1v) is 9.18. The second kappa shape index (κ2) is 6.54. The number of aromatic nitrogens is 2. The lowest BCUT2D eigenvalue weighted by Gasteiger charge is -1.96. The van der Waals surface area contributed by atoms with Crippen LogP contribution < -0.4 is 0 Å². The van der Waals surface area contributed by atoms with E-state index in [0.29, 0.717) is 0 Å². The molecule has 0 amide bonds. The highest BCUT2D eigenvalue weighted by atomic mass is 32.1. The Bertz CT molecular complexity index is 1020. The molecule has 5 nitrogen and oxygen atoms in total. The maximum Gasteiger partial charge on any atom is 0.269 e. The Morgan fingerprint density at radius 1 is 0.760 bits per heavy atom. The van der Waals surface area contributed by atoms with Gasteiger partial charge < -0.3 is 0 Å². The molecule has 0 aliphatic rings. The molecule has 0 saturated carbocycles. The Labute approximate surface area is 151 Å². The lowest BCUT2D eigenvalue weighted by Crippen LogP contribution is -1.87. The number of nitro groups is 1. The monoisotopic (exact) mass is 365 g/mol. The smallest absolute Gasteiger partial charge is 0.258 e. The zero-order valence-electron chi connectivity index (χ0n) is 12.8. The molecule has 4 rings (SSSR count). The van der Waals surface area contributed by atoms with Gasteiger partial charge in [0.25, 0.3) is 5.69 Å². The van der Waals surface area contributed by atoms with Crippen molar-refractivity contribution in [3.05, 3.63) is 75.5 Å². The van der Waals surface area contributed by atoms with Crippen molar-refractivity contribution >= 4 is 28.4 Å². The van der Waals surface area contributed by atoms with Gasteiger partial charge in [-0.2, -0.15) is 0 Å². The molecule has 0 saturated heterocycles. The van der Waals surface area contributed by atoms with Crippen LogP contribution in [0.2, 0.25) is 0 Å². The van der Waals surface area contributed by atoms with Crippen LogP contribution in [0.4, 0.5) is 5.69 Å². The van der Waals surface area contributed by atoms with Gasteiger partial charge in [-0.25, -0.2) is 9.97 Å². The minimum Gasteiger partial charge on any atom is -0.258 e. The summed E-state index contributed by atoms with van der Waals surface area (Å²) in [6.45, 7) is 0. The van der Waals surface area contributed by atoms with E-state index in [4.69, 9.17) is 0 Å². The third-order valence-corrected chi connectivity index (χ3v) is 5.46. The van der Waals surface area contributed by atoms with E-state index in [2.05, 4.69) is 9.97 Å². The largest absolute Gasteiger partial charge is 0.269 e. The SMILES string of the molecule is O=[N+]([O-])c1ccc(-c2csc(-c3nc(-c4ccccc4)cs3)n2)cc1. The van der Waals surface area contributed by atoms with Gasteiger partial charge >= 0.3 is 0 Å². The van der Waals surface area contributed by atoms with Gasteiger partial charge in [0.05, 0.1) is 16.3 Å². The predicted molar refractivity (Wildman–Crippen MR) is 101 cm³/mol. The molecule has 0 spiro atoms. The van der Waals surface area contributed by atoms with Crippen LogP contribution in [0.3, 0.4) is 0 Å². The second-order valence-corrected chi connectivity index (χ2v) is 6.96. The molecule has 7 heteroatoms. The quantitative estimate of drug-likeness (QED) is 0.353. The summed E-state index contributed by atoms with van der Waals surface area (Å²) in [6.07, 6.45) is 0. The number of rotatable bonds is 4. The maximum atomic E-state index is 10.7. The van der Waals surface area contributed by atoms with E-state index >= 15 is 0 Å². The summed E-state index contributed by atoms with van der Waals surface area (Å²) in [4.78, 5) is 19.6. The average Bonchev–Trinajstić information content (AvgIpc) is 3.32. The molecule has 2 aromatic heterocycles. The number of nitrogens with zero attached hydrogens (tertiary/aromatic N) is 3.